The van der Waals surface area contributed by atoms with E-state index in [9.17, 15) is 13.2 Å². The number of nitrogens with zero attached hydrogens (tertiary/aromatic N) is 1. The summed E-state index contributed by atoms with van der Waals surface area (Å²) in [6.07, 6.45) is 0.920. The highest BCUT2D eigenvalue weighted by Crippen LogP contribution is 2.31. The van der Waals surface area contributed by atoms with Crippen LogP contribution in [-0.2, 0) is 14.8 Å². The molecule has 1 amide bonds. The second-order valence-electron chi connectivity index (χ2n) is 5.67. The fraction of sp³-hybridized carbons (Fsp3) is 0.533. The molecule has 0 aliphatic carbocycles. The summed E-state index contributed by atoms with van der Waals surface area (Å²) >= 11 is 0. The first kappa shape index (κ1) is 16.8. The fourth-order valence-electron chi connectivity index (χ4n) is 2.64. The molecule has 1 aliphatic heterocycles. The molecule has 0 spiro atoms. The molecule has 1 aromatic rings. The SMILES string of the molecule is COc1cc(C)c(C)cc1S(=O)(=O)N1CCC(C(N)=O)CC1. The summed E-state index contributed by atoms with van der Waals surface area (Å²) in [7, 11) is -2.18. The molecule has 1 aromatic carbocycles. The predicted octanol–water partition coefficient (Wildman–Crippen LogP) is 1.20. The van der Waals surface area contributed by atoms with Crippen molar-refractivity contribution in [2.75, 3.05) is 20.2 Å². The Kier molecular flexibility index (Phi) is 4.77. The first-order valence-corrected chi connectivity index (χ1v) is 8.66. The van der Waals surface area contributed by atoms with Crippen LogP contribution in [0.1, 0.15) is 24.0 Å². The van der Waals surface area contributed by atoms with Crippen molar-refractivity contribution in [1.29, 1.82) is 0 Å². The number of amides is 1. The summed E-state index contributed by atoms with van der Waals surface area (Å²) in [6, 6.07) is 3.38. The Morgan fingerprint density at radius 3 is 2.27 bits per heavy atom. The third-order valence-electron chi connectivity index (χ3n) is 4.25. The molecule has 1 aliphatic rings. The number of primary amides is 1. The van der Waals surface area contributed by atoms with Crippen molar-refractivity contribution in [3.05, 3.63) is 23.3 Å². The van der Waals surface area contributed by atoms with Crippen molar-refractivity contribution in [3.63, 3.8) is 0 Å². The number of rotatable bonds is 4. The van der Waals surface area contributed by atoms with E-state index in [0.29, 0.717) is 31.7 Å². The normalized spacial score (nSPS) is 17.4. The summed E-state index contributed by atoms with van der Waals surface area (Å²) in [4.78, 5) is 11.4. The van der Waals surface area contributed by atoms with Crippen LogP contribution in [0.4, 0.5) is 0 Å². The van der Waals surface area contributed by atoms with Gasteiger partial charge in [-0.05, 0) is 49.9 Å². The van der Waals surface area contributed by atoms with Crippen molar-refractivity contribution in [3.8, 4) is 5.75 Å². The molecule has 7 heteroatoms. The van der Waals surface area contributed by atoms with Gasteiger partial charge in [0, 0.05) is 19.0 Å². The number of nitrogens with two attached hydrogens (primary N) is 1. The monoisotopic (exact) mass is 326 g/mol. The average Bonchev–Trinajstić information content (AvgIpc) is 2.49. The van der Waals surface area contributed by atoms with Crippen molar-refractivity contribution in [2.24, 2.45) is 11.7 Å². The van der Waals surface area contributed by atoms with Gasteiger partial charge in [-0.2, -0.15) is 4.31 Å². The van der Waals surface area contributed by atoms with E-state index in [1.807, 2.05) is 13.8 Å². The van der Waals surface area contributed by atoms with E-state index in [1.165, 1.54) is 11.4 Å². The van der Waals surface area contributed by atoms with Gasteiger partial charge in [-0.15, -0.1) is 0 Å². The highest BCUT2D eigenvalue weighted by Gasteiger charge is 2.33. The van der Waals surface area contributed by atoms with Crippen molar-refractivity contribution < 1.29 is 17.9 Å². The van der Waals surface area contributed by atoms with Crippen LogP contribution >= 0.6 is 0 Å². The first-order chi connectivity index (χ1) is 10.3. The number of sulfonamides is 1. The molecular weight excluding hydrogens is 304 g/mol. The van der Waals surface area contributed by atoms with E-state index in [0.717, 1.165) is 11.1 Å². The molecule has 1 saturated heterocycles. The molecule has 22 heavy (non-hydrogen) atoms. The van der Waals surface area contributed by atoms with E-state index in [4.69, 9.17) is 10.5 Å². The zero-order chi connectivity index (χ0) is 16.5. The number of piperidine rings is 1. The quantitative estimate of drug-likeness (QED) is 0.900. The van der Waals surface area contributed by atoms with Gasteiger partial charge in [-0.1, -0.05) is 0 Å². The number of carbonyl (C=O) groups is 1. The maximum absolute atomic E-state index is 12.8. The Labute approximate surface area is 131 Å². The average molecular weight is 326 g/mol. The Morgan fingerprint density at radius 1 is 1.23 bits per heavy atom. The standard InChI is InChI=1S/C15H22N2O4S/c1-10-8-13(21-3)14(9-11(10)2)22(19,20)17-6-4-12(5-7-17)15(16)18/h8-9,12H,4-7H2,1-3H3,(H2,16,18). The first-order valence-electron chi connectivity index (χ1n) is 7.22. The van der Waals surface area contributed by atoms with E-state index in [2.05, 4.69) is 0 Å². The minimum atomic E-state index is -3.64. The zero-order valence-electron chi connectivity index (χ0n) is 13.1. The van der Waals surface area contributed by atoms with Gasteiger partial charge in [0.1, 0.15) is 10.6 Å². The van der Waals surface area contributed by atoms with Crippen LogP contribution in [0, 0.1) is 19.8 Å². The lowest BCUT2D eigenvalue weighted by Gasteiger charge is -2.30. The largest absolute Gasteiger partial charge is 0.495 e. The molecule has 0 atom stereocenters. The molecule has 6 nitrogen and oxygen atoms in total. The van der Waals surface area contributed by atoms with Crippen LogP contribution in [0.15, 0.2) is 17.0 Å². The number of hydrogen-bond acceptors (Lipinski definition) is 4. The maximum atomic E-state index is 12.8. The number of aryl methyl sites for hydroxylation is 2. The van der Waals surface area contributed by atoms with E-state index in [1.54, 1.807) is 12.1 Å². The van der Waals surface area contributed by atoms with Crippen LogP contribution in [0.3, 0.4) is 0 Å². The van der Waals surface area contributed by atoms with Crippen LogP contribution in [0.25, 0.3) is 0 Å². The molecule has 1 heterocycles. The zero-order valence-corrected chi connectivity index (χ0v) is 13.9. The molecule has 122 valence electrons. The van der Waals surface area contributed by atoms with Crippen molar-refractivity contribution in [1.82, 2.24) is 4.31 Å². The van der Waals surface area contributed by atoms with Gasteiger partial charge in [0.25, 0.3) is 0 Å². The lowest BCUT2D eigenvalue weighted by atomic mass is 9.98. The van der Waals surface area contributed by atoms with Gasteiger partial charge in [0.15, 0.2) is 0 Å². The summed E-state index contributed by atoms with van der Waals surface area (Å²) in [6.45, 7) is 4.37. The second-order valence-corrected chi connectivity index (χ2v) is 7.57. The number of ether oxygens (including phenoxy) is 1. The van der Waals surface area contributed by atoms with Crippen LogP contribution in [0.5, 0.6) is 5.75 Å². The maximum Gasteiger partial charge on any atom is 0.246 e. The Morgan fingerprint density at radius 2 is 1.77 bits per heavy atom. The molecule has 2 rings (SSSR count). The van der Waals surface area contributed by atoms with E-state index >= 15 is 0 Å². The van der Waals surface area contributed by atoms with Crippen LogP contribution < -0.4 is 10.5 Å². The lowest BCUT2D eigenvalue weighted by molar-refractivity contribution is -0.122. The van der Waals surface area contributed by atoms with E-state index in [-0.39, 0.29) is 16.7 Å². The third-order valence-corrected chi connectivity index (χ3v) is 6.17. The molecule has 0 radical (unpaired) electrons. The Balaban J connectivity index is 2.32. The molecule has 0 bridgehead atoms. The lowest BCUT2D eigenvalue weighted by Crippen LogP contribution is -2.41. The molecular formula is C15H22N2O4S. The van der Waals surface area contributed by atoms with Gasteiger partial charge in [-0.25, -0.2) is 8.42 Å². The molecule has 1 fully saturated rings. The fourth-order valence-corrected chi connectivity index (χ4v) is 4.34. The minimum Gasteiger partial charge on any atom is -0.495 e. The predicted molar refractivity (Wildman–Crippen MR) is 83.1 cm³/mol. The molecule has 2 N–H and O–H groups in total. The number of methoxy groups -OCH3 is 1. The Bertz CT molecular complexity index is 677. The van der Waals surface area contributed by atoms with Crippen molar-refractivity contribution in [2.45, 2.75) is 31.6 Å². The van der Waals surface area contributed by atoms with Crippen molar-refractivity contribution >= 4 is 15.9 Å². The smallest absolute Gasteiger partial charge is 0.246 e. The summed E-state index contributed by atoms with van der Waals surface area (Å²) in [5.41, 5.74) is 7.16. The third kappa shape index (κ3) is 3.10. The Hall–Kier alpha value is -1.60. The topological polar surface area (TPSA) is 89.7 Å². The number of benzene rings is 1. The van der Waals surface area contributed by atoms with Crippen LogP contribution in [-0.4, -0.2) is 38.8 Å². The summed E-state index contributed by atoms with van der Waals surface area (Å²) < 4.78 is 32.3. The number of hydrogen-bond donors (Lipinski definition) is 1. The molecule has 0 unspecified atom stereocenters. The van der Waals surface area contributed by atoms with Gasteiger partial charge in [0.2, 0.25) is 15.9 Å². The summed E-state index contributed by atoms with van der Waals surface area (Å²) in [5, 5.41) is 0. The van der Waals surface area contributed by atoms with Crippen LogP contribution in [0.2, 0.25) is 0 Å². The minimum absolute atomic E-state index is 0.177. The molecule has 0 saturated carbocycles. The second kappa shape index (κ2) is 6.26. The van der Waals surface area contributed by atoms with E-state index < -0.39 is 10.0 Å². The van der Waals surface area contributed by atoms with Gasteiger partial charge < -0.3 is 10.5 Å². The highest BCUT2D eigenvalue weighted by molar-refractivity contribution is 7.89. The van der Waals surface area contributed by atoms with Gasteiger partial charge >= 0.3 is 0 Å². The van der Waals surface area contributed by atoms with Gasteiger partial charge in [-0.3, -0.25) is 4.79 Å². The summed E-state index contributed by atoms with van der Waals surface area (Å²) in [5.74, 6) is -0.256. The molecule has 0 aromatic heterocycles. The highest BCUT2D eigenvalue weighted by atomic mass is 32.2. The van der Waals surface area contributed by atoms with Gasteiger partial charge in [0.05, 0.1) is 7.11 Å². The number of carbonyl (C=O) groups excluding carboxylic acids is 1.